The summed E-state index contributed by atoms with van der Waals surface area (Å²) in [6, 6.07) is 20.6. The third-order valence-electron chi connectivity index (χ3n) is 4.96. The molecule has 25 heavy (non-hydrogen) atoms. The molecule has 0 fully saturated rings. The molecule has 3 nitrogen and oxygen atoms in total. The molecular formula is C22H30N2O. The number of rotatable bonds is 8. The van der Waals surface area contributed by atoms with Crippen molar-refractivity contribution >= 4 is 5.91 Å². The summed E-state index contributed by atoms with van der Waals surface area (Å²) in [6.07, 6.45) is 0. The van der Waals surface area contributed by atoms with E-state index >= 15 is 0 Å². The molecule has 0 saturated heterocycles. The Kier molecular flexibility index (Phi) is 6.77. The number of carbonyl (C=O) groups is 1. The predicted molar refractivity (Wildman–Crippen MR) is 105 cm³/mol. The summed E-state index contributed by atoms with van der Waals surface area (Å²) < 4.78 is 0. The van der Waals surface area contributed by atoms with Crippen molar-refractivity contribution in [3.05, 3.63) is 71.8 Å². The van der Waals surface area contributed by atoms with Crippen LogP contribution < -0.4 is 5.32 Å². The van der Waals surface area contributed by atoms with Crippen molar-refractivity contribution in [3.63, 3.8) is 0 Å². The normalized spacial score (nSPS) is 12.8. The first-order chi connectivity index (χ1) is 12.0. The lowest BCUT2D eigenvalue weighted by Crippen LogP contribution is -2.44. The largest absolute Gasteiger partial charge is 0.353 e. The quantitative estimate of drug-likeness (QED) is 0.784. The molecule has 1 N–H and O–H groups in total. The van der Waals surface area contributed by atoms with Gasteiger partial charge in [0.25, 0.3) is 0 Å². The second-order valence-electron chi connectivity index (χ2n) is 6.85. The van der Waals surface area contributed by atoms with Crippen LogP contribution in [0.25, 0.3) is 0 Å². The van der Waals surface area contributed by atoms with Gasteiger partial charge in [0.05, 0.1) is 11.5 Å². The van der Waals surface area contributed by atoms with E-state index in [-0.39, 0.29) is 11.9 Å². The number of amides is 1. The van der Waals surface area contributed by atoms with E-state index in [0.717, 1.165) is 18.7 Å². The van der Waals surface area contributed by atoms with E-state index in [1.54, 1.807) is 0 Å². The Labute approximate surface area is 152 Å². The van der Waals surface area contributed by atoms with Crippen LogP contribution in [0.3, 0.4) is 0 Å². The first-order valence-corrected chi connectivity index (χ1v) is 9.13. The zero-order chi connectivity index (χ0) is 18.3. The van der Waals surface area contributed by atoms with E-state index in [4.69, 9.17) is 0 Å². The average Bonchev–Trinajstić information content (AvgIpc) is 2.66. The Morgan fingerprint density at radius 1 is 0.960 bits per heavy atom. The van der Waals surface area contributed by atoms with E-state index < -0.39 is 5.41 Å². The van der Waals surface area contributed by atoms with E-state index in [0.29, 0.717) is 6.54 Å². The highest BCUT2D eigenvalue weighted by Crippen LogP contribution is 2.24. The molecule has 2 aromatic carbocycles. The number of benzene rings is 2. The summed E-state index contributed by atoms with van der Waals surface area (Å²) in [5, 5.41) is 3.19. The fraction of sp³-hybridized carbons (Fsp3) is 0.409. The van der Waals surface area contributed by atoms with Gasteiger partial charge in [-0.25, -0.2) is 0 Å². The number of carbonyl (C=O) groups excluding carboxylic acids is 1. The van der Waals surface area contributed by atoms with E-state index in [1.165, 1.54) is 5.56 Å². The summed E-state index contributed by atoms with van der Waals surface area (Å²) in [5.41, 5.74) is 1.72. The SMILES string of the molecule is CCN(CC)C(CNC(=O)C(C)(C)c1ccccc1)c1ccccc1. The standard InChI is InChI=1S/C22H30N2O/c1-5-24(6-2)20(18-13-9-7-10-14-18)17-23-21(25)22(3,4)19-15-11-8-12-16-19/h7-16,20H,5-6,17H2,1-4H3,(H,23,25). The maximum atomic E-state index is 12.9. The van der Waals surface area contributed by atoms with Gasteiger partial charge in [0.1, 0.15) is 0 Å². The molecule has 3 heteroatoms. The van der Waals surface area contributed by atoms with Gasteiger partial charge >= 0.3 is 0 Å². The molecule has 0 aliphatic heterocycles. The van der Waals surface area contributed by atoms with Crippen molar-refractivity contribution in [1.82, 2.24) is 10.2 Å². The van der Waals surface area contributed by atoms with Gasteiger partial charge in [-0.05, 0) is 38.1 Å². The molecule has 2 aromatic rings. The van der Waals surface area contributed by atoms with Crippen LogP contribution in [-0.2, 0) is 10.2 Å². The molecule has 0 radical (unpaired) electrons. The van der Waals surface area contributed by atoms with Gasteiger partial charge in [-0.3, -0.25) is 9.69 Å². The van der Waals surface area contributed by atoms with Crippen LogP contribution >= 0.6 is 0 Å². The van der Waals surface area contributed by atoms with Crippen LogP contribution in [0, 0.1) is 0 Å². The Hall–Kier alpha value is -2.13. The summed E-state index contributed by atoms with van der Waals surface area (Å²) in [4.78, 5) is 15.3. The monoisotopic (exact) mass is 338 g/mol. The highest BCUT2D eigenvalue weighted by Gasteiger charge is 2.30. The smallest absolute Gasteiger partial charge is 0.230 e. The Morgan fingerprint density at radius 3 is 2.00 bits per heavy atom. The Balaban J connectivity index is 2.13. The lowest BCUT2D eigenvalue weighted by Gasteiger charge is -2.32. The Bertz CT molecular complexity index is 648. The first kappa shape index (κ1) is 19.2. The molecule has 1 atom stereocenters. The molecule has 0 aliphatic carbocycles. The lowest BCUT2D eigenvalue weighted by molar-refractivity contribution is -0.125. The molecule has 2 rings (SSSR count). The lowest BCUT2D eigenvalue weighted by atomic mass is 9.83. The second-order valence-corrected chi connectivity index (χ2v) is 6.85. The predicted octanol–water partition coefficient (Wildman–Crippen LogP) is 4.16. The maximum absolute atomic E-state index is 12.9. The van der Waals surface area contributed by atoms with Crippen LogP contribution in [0.5, 0.6) is 0 Å². The van der Waals surface area contributed by atoms with Gasteiger partial charge in [0.2, 0.25) is 5.91 Å². The third-order valence-corrected chi connectivity index (χ3v) is 4.96. The zero-order valence-corrected chi connectivity index (χ0v) is 15.8. The van der Waals surface area contributed by atoms with Crippen molar-refractivity contribution in [3.8, 4) is 0 Å². The van der Waals surface area contributed by atoms with Crippen LogP contribution in [-0.4, -0.2) is 30.4 Å². The van der Waals surface area contributed by atoms with Crippen LogP contribution in [0.2, 0.25) is 0 Å². The van der Waals surface area contributed by atoms with E-state index in [9.17, 15) is 4.79 Å². The highest BCUT2D eigenvalue weighted by atomic mass is 16.2. The molecule has 0 aromatic heterocycles. The zero-order valence-electron chi connectivity index (χ0n) is 15.8. The van der Waals surface area contributed by atoms with Crippen molar-refractivity contribution < 1.29 is 4.79 Å². The Morgan fingerprint density at radius 2 is 1.48 bits per heavy atom. The van der Waals surface area contributed by atoms with Crippen molar-refractivity contribution in [1.29, 1.82) is 0 Å². The topological polar surface area (TPSA) is 32.3 Å². The van der Waals surface area contributed by atoms with E-state index in [2.05, 4.69) is 48.3 Å². The first-order valence-electron chi connectivity index (χ1n) is 9.13. The summed E-state index contributed by atoms with van der Waals surface area (Å²) in [7, 11) is 0. The fourth-order valence-corrected chi connectivity index (χ4v) is 3.19. The van der Waals surface area contributed by atoms with Crippen LogP contribution in [0.1, 0.15) is 44.9 Å². The molecule has 1 amide bonds. The maximum Gasteiger partial charge on any atom is 0.230 e. The minimum atomic E-state index is -0.550. The number of hydrogen-bond donors (Lipinski definition) is 1. The van der Waals surface area contributed by atoms with Gasteiger partial charge < -0.3 is 5.32 Å². The third kappa shape index (κ3) is 4.70. The molecular weight excluding hydrogens is 308 g/mol. The number of hydrogen-bond acceptors (Lipinski definition) is 2. The van der Waals surface area contributed by atoms with Crippen molar-refractivity contribution in [2.24, 2.45) is 0 Å². The average molecular weight is 338 g/mol. The number of nitrogens with one attached hydrogen (secondary N) is 1. The van der Waals surface area contributed by atoms with Gasteiger partial charge in [0.15, 0.2) is 0 Å². The minimum Gasteiger partial charge on any atom is -0.353 e. The molecule has 0 aliphatic rings. The van der Waals surface area contributed by atoms with Crippen LogP contribution in [0.15, 0.2) is 60.7 Å². The minimum absolute atomic E-state index is 0.0618. The fourth-order valence-electron chi connectivity index (χ4n) is 3.19. The van der Waals surface area contributed by atoms with Gasteiger partial charge in [-0.1, -0.05) is 74.5 Å². The summed E-state index contributed by atoms with van der Waals surface area (Å²) in [5.74, 6) is 0.0618. The number of likely N-dealkylation sites (N-methyl/N-ethyl adjacent to an activating group) is 1. The molecule has 1 unspecified atom stereocenters. The van der Waals surface area contributed by atoms with Crippen LogP contribution in [0.4, 0.5) is 0 Å². The molecule has 0 spiro atoms. The molecule has 0 saturated carbocycles. The van der Waals surface area contributed by atoms with Gasteiger partial charge in [0, 0.05) is 6.54 Å². The molecule has 134 valence electrons. The van der Waals surface area contributed by atoms with Gasteiger partial charge in [-0.2, -0.15) is 0 Å². The summed E-state index contributed by atoms with van der Waals surface area (Å²) >= 11 is 0. The molecule has 0 bridgehead atoms. The summed E-state index contributed by atoms with van der Waals surface area (Å²) in [6.45, 7) is 10.8. The van der Waals surface area contributed by atoms with Gasteiger partial charge in [-0.15, -0.1) is 0 Å². The van der Waals surface area contributed by atoms with E-state index in [1.807, 2.05) is 50.2 Å². The molecule has 0 heterocycles. The van der Waals surface area contributed by atoms with Crippen molar-refractivity contribution in [2.75, 3.05) is 19.6 Å². The highest BCUT2D eigenvalue weighted by molar-refractivity contribution is 5.87. The second kappa shape index (κ2) is 8.82. The number of nitrogens with zero attached hydrogens (tertiary/aromatic N) is 1. The van der Waals surface area contributed by atoms with Crippen molar-refractivity contribution in [2.45, 2.75) is 39.2 Å².